The average molecular weight is 404 g/mol. The van der Waals surface area contributed by atoms with Crippen molar-refractivity contribution in [2.45, 2.75) is 45.9 Å². The smallest absolute Gasteiger partial charge is 0.240 e. The summed E-state index contributed by atoms with van der Waals surface area (Å²) in [5, 5.41) is 40.4. The number of nitrogens with one attached hydrogen (secondary N) is 1. The molecule has 0 aliphatic rings. The van der Waals surface area contributed by atoms with Crippen molar-refractivity contribution in [2.75, 3.05) is 55.3 Å². The summed E-state index contributed by atoms with van der Waals surface area (Å²) in [5.41, 5.74) is 0. The molecule has 12 heteroatoms. The molecule has 0 amide bonds. The molecule has 1 rings (SSSR count). The van der Waals surface area contributed by atoms with Crippen LogP contribution in [0, 0.1) is 0 Å². The topological polar surface area (TPSA) is 157 Å². The van der Waals surface area contributed by atoms with Crippen molar-refractivity contribution in [3.05, 3.63) is 0 Å². The third-order valence-electron chi connectivity index (χ3n) is 3.64. The quantitative estimate of drug-likeness (QED) is 0.180. The molecule has 28 heavy (non-hydrogen) atoms. The van der Waals surface area contributed by atoms with Gasteiger partial charge < -0.3 is 35.2 Å². The monoisotopic (exact) mass is 404 g/mol. The maximum atomic E-state index is 9.37. The molecule has 0 radical (unpaired) electrons. The van der Waals surface area contributed by atoms with Crippen molar-refractivity contribution in [1.29, 1.82) is 0 Å². The number of hydrogen-bond donors (Lipinski definition) is 5. The summed E-state index contributed by atoms with van der Waals surface area (Å²) in [4.78, 5) is 14.5. The standard InChI is InChI=1S/C16H32N6O6/c1-3-5-7-27-16(28-8-6-4-2)19-13-17-14(21(9-23)10-24)20-15(18-13)22(11-25)12-26/h16,23-26H,3-12H2,1-2H3,(H,17,18,19,20). The summed E-state index contributed by atoms with van der Waals surface area (Å²) in [7, 11) is 0. The van der Waals surface area contributed by atoms with Crippen molar-refractivity contribution < 1.29 is 29.9 Å². The van der Waals surface area contributed by atoms with Crippen LogP contribution in [-0.4, -0.2) is 81.9 Å². The van der Waals surface area contributed by atoms with Crippen molar-refractivity contribution >= 4 is 17.8 Å². The van der Waals surface area contributed by atoms with Crippen LogP contribution in [-0.2, 0) is 9.47 Å². The van der Waals surface area contributed by atoms with E-state index in [1.54, 1.807) is 0 Å². The maximum absolute atomic E-state index is 9.37. The molecule has 0 spiro atoms. The molecule has 0 saturated heterocycles. The van der Waals surface area contributed by atoms with Crippen LogP contribution in [0.2, 0.25) is 0 Å². The van der Waals surface area contributed by atoms with E-state index >= 15 is 0 Å². The van der Waals surface area contributed by atoms with Gasteiger partial charge in [0.05, 0.1) is 13.2 Å². The highest BCUT2D eigenvalue weighted by atomic mass is 16.7. The largest absolute Gasteiger partial charge is 0.376 e. The SMILES string of the molecule is CCCCOC(Nc1nc(N(CO)CO)nc(N(CO)CO)n1)OCCCC. The molecule has 0 bridgehead atoms. The van der Waals surface area contributed by atoms with Gasteiger partial charge in [-0.15, -0.1) is 0 Å². The molecule has 0 aliphatic heterocycles. The Labute approximate surface area is 164 Å². The number of unbranched alkanes of at least 4 members (excludes halogenated alkanes) is 2. The Hall–Kier alpha value is -1.83. The number of rotatable bonds is 16. The highest BCUT2D eigenvalue weighted by Crippen LogP contribution is 2.17. The summed E-state index contributed by atoms with van der Waals surface area (Å²) in [6.07, 6.45) is 2.83. The van der Waals surface area contributed by atoms with Crippen LogP contribution in [0.3, 0.4) is 0 Å². The lowest BCUT2D eigenvalue weighted by Gasteiger charge is -2.23. The van der Waals surface area contributed by atoms with Crippen molar-refractivity contribution in [3.63, 3.8) is 0 Å². The Bertz CT molecular complexity index is 492. The molecule has 0 aromatic carbocycles. The first kappa shape index (κ1) is 24.2. The molecule has 12 nitrogen and oxygen atoms in total. The lowest BCUT2D eigenvalue weighted by atomic mass is 10.4. The number of anilines is 3. The van der Waals surface area contributed by atoms with E-state index in [1.807, 2.05) is 13.8 Å². The Morgan fingerprint density at radius 2 is 1.21 bits per heavy atom. The minimum absolute atomic E-state index is 0.0387. The first-order chi connectivity index (χ1) is 13.6. The maximum Gasteiger partial charge on any atom is 0.240 e. The first-order valence-electron chi connectivity index (χ1n) is 9.32. The predicted octanol–water partition coefficient (Wildman–Crippen LogP) is -0.387. The van der Waals surface area contributed by atoms with Gasteiger partial charge >= 0.3 is 0 Å². The van der Waals surface area contributed by atoms with Crippen LogP contribution in [0.5, 0.6) is 0 Å². The Balaban J connectivity index is 3.07. The normalized spacial score (nSPS) is 11.1. The van der Waals surface area contributed by atoms with Gasteiger partial charge in [0.1, 0.15) is 26.9 Å². The van der Waals surface area contributed by atoms with E-state index < -0.39 is 33.3 Å². The molecule has 0 saturated carbocycles. The molecule has 1 heterocycles. The van der Waals surface area contributed by atoms with Crippen LogP contribution in [0.25, 0.3) is 0 Å². The summed E-state index contributed by atoms with van der Waals surface area (Å²) in [6, 6.07) is 0. The van der Waals surface area contributed by atoms with Crippen LogP contribution < -0.4 is 15.1 Å². The molecular formula is C16H32N6O6. The lowest BCUT2D eigenvalue weighted by Crippen LogP contribution is -2.33. The van der Waals surface area contributed by atoms with Gasteiger partial charge in [-0.1, -0.05) is 26.7 Å². The zero-order valence-corrected chi connectivity index (χ0v) is 16.5. The fourth-order valence-corrected chi connectivity index (χ4v) is 1.95. The number of aliphatic hydroxyl groups excluding tert-OH is 4. The molecular weight excluding hydrogens is 372 g/mol. The highest BCUT2D eigenvalue weighted by Gasteiger charge is 2.18. The minimum atomic E-state index is -0.811. The van der Waals surface area contributed by atoms with E-state index in [0.29, 0.717) is 13.2 Å². The molecule has 0 atom stereocenters. The van der Waals surface area contributed by atoms with E-state index in [1.165, 1.54) is 0 Å². The van der Waals surface area contributed by atoms with Gasteiger partial charge in [0.25, 0.3) is 0 Å². The van der Waals surface area contributed by atoms with Gasteiger partial charge in [0.15, 0.2) is 0 Å². The number of nitrogens with zero attached hydrogens (tertiary/aromatic N) is 5. The van der Waals surface area contributed by atoms with E-state index in [0.717, 1.165) is 35.5 Å². The fraction of sp³-hybridized carbons (Fsp3) is 0.812. The van der Waals surface area contributed by atoms with Gasteiger partial charge in [-0.25, -0.2) is 0 Å². The molecule has 1 aromatic heterocycles. The molecule has 162 valence electrons. The fourth-order valence-electron chi connectivity index (χ4n) is 1.95. The average Bonchev–Trinajstić information content (AvgIpc) is 2.70. The van der Waals surface area contributed by atoms with Gasteiger partial charge in [-0.2, -0.15) is 15.0 Å². The molecule has 1 aromatic rings. The number of hydrogen-bond acceptors (Lipinski definition) is 12. The van der Waals surface area contributed by atoms with Gasteiger partial charge in [0, 0.05) is 0 Å². The van der Waals surface area contributed by atoms with Crippen molar-refractivity contribution in [3.8, 4) is 0 Å². The van der Waals surface area contributed by atoms with Crippen LogP contribution >= 0.6 is 0 Å². The Morgan fingerprint density at radius 1 is 0.786 bits per heavy atom. The second kappa shape index (κ2) is 14.2. The minimum Gasteiger partial charge on any atom is -0.376 e. The van der Waals surface area contributed by atoms with Crippen molar-refractivity contribution in [2.24, 2.45) is 0 Å². The summed E-state index contributed by atoms with van der Waals surface area (Å²) in [6.45, 7) is 2.88. The number of ether oxygens (including phenoxy) is 2. The highest BCUT2D eigenvalue weighted by molar-refractivity contribution is 5.44. The zero-order valence-electron chi connectivity index (χ0n) is 16.5. The van der Waals surface area contributed by atoms with Gasteiger partial charge in [-0.3, -0.25) is 9.80 Å². The number of aliphatic hydroxyl groups is 4. The molecule has 0 unspecified atom stereocenters. The van der Waals surface area contributed by atoms with Crippen LogP contribution in [0.1, 0.15) is 39.5 Å². The second-order valence-electron chi connectivity index (χ2n) is 5.83. The van der Waals surface area contributed by atoms with Gasteiger partial charge in [-0.05, 0) is 12.8 Å². The molecule has 0 fully saturated rings. The Kier molecular flexibility index (Phi) is 12.3. The number of aromatic nitrogens is 3. The van der Waals surface area contributed by atoms with Crippen LogP contribution in [0.4, 0.5) is 17.8 Å². The van der Waals surface area contributed by atoms with E-state index in [-0.39, 0.29) is 17.8 Å². The van der Waals surface area contributed by atoms with Crippen LogP contribution in [0.15, 0.2) is 0 Å². The zero-order chi connectivity index (χ0) is 20.8. The first-order valence-corrected chi connectivity index (χ1v) is 9.32. The summed E-state index contributed by atoms with van der Waals surface area (Å²) >= 11 is 0. The second-order valence-corrected chi connectivity index (χ2v) is 5.83. The summed E-state index contributed by atoms with van der Waals surface area (Å²) < 4.78 is 11.4. The van der Waals surface area contributed by atoms with E-state index in [9.17, 15) is 20.4 Å². The predicted molar refractivity (Wildman–Crippen MR) is 102 cm³/mol. The third kappa shape index (κ3) is 8.04. The third-order valence-corrected chi connectivity index (χ3v) is 3.64. The van der Waals surface area contributed by atoms with Gasteiger partial charge in [0.2, 0.25) is 24.3 Å². The molecule has 5 N–H and O–H groups in total. The van der Waals surface area contributed by atoms with E-state index in [2.05, 4.69) is 20.3 Å². The summed E-state index contributed by atoms with van der Waals surface area (Å²) in [5.74, 6) is -0.0627. The van der Waals surface area contributed by atoms with E-state index in [4.69, 9.17) is 9.47 Å². The molecule has 0 aliphatic carbocycles. The van der Waals surface area contributed by atoms with Crippen molar-refractivity contribution in [1.82, 2.24) is 15.0 Å². The lowest BCUT2D eigenvalue weighted by molar-refractivity contribution is -0.125. The Morgan fingerprint density at radius 3 is 1.57 bits per heavy atom.